The van der Waals surface area contributed by atoms with E-state index in [0.29, 0.717) is 0 Å². The summed E-state index contributed by atoms with van der Waals surface area (Å²) in [5.74, 6) is -1.15. The molecule has 10 heteroatoms. The van der Waals surface area contributed by atoms with E-state index in [-0.39, 0.29) is 24.8 Å². The van der Waals surface area contributed by atoms with Crippen molar-refractivity contribution in [3.8, 4) is 5.75 Å². The molecule has 2 rings (SSSR count). The molecular formula is C12H9Cl2NO5S2. The molecule has 0 fully saturated rings. The predicted molar refractivity (Wildman–Crippen MR) is 84.6 cm³/mol. The van der Waals surface area contributed by atoms with Crippen LogP contribution < -0.4 is 4.72 Å². The monoisotopic (exact) mass is 381 g/mol. The fraction of sp³-hybridized carbons (Fsp3) is 0.0833. The maximum Gasteiger partial charge on any atom is 0.341 e. The Morgan fingerprint density at radius 1 is 1.32 bits per heavy atom. The van der Waals surface area contributed by atoms with Gasteiger partial charge >= 0.3 is 5.97 Å². The first-order valence-electron chi connectivity index (χ1n) is 5.63. The number of hydrogen-bond donors (Lipinski definition) is 2. The molecule has 0 saturated heterocycles. The average molecular weight is 382 g/mol. The number of hydrogen-bond acceptors (Lipinski definition) is 6. The second-order valence-corrected chi connectivity index (χ2v) is 7.95. The van der Waals surface area contributed by atoms with Gasteiger partial charge in [0, 0.05) is 6.07 Å². The van der Waals surface area contributed by atoms with E-state index in [1.165, 1.54) is 25.3 Å². The van der Waals surface area contributed by atoms with E-state index in [2.05, 4.69) is 9.46 Å². The van der Waals surface area contributed by atoms with Gasteiger partial charge in [0.2, 0.25) is 0 Å². The largest absolute Gasteiger partial charge is 0.507 e. The van der Waals surface area contributed by atoms with Crippen LogP contribution in [0.5, 0.6) is 5.75 Å². The van der Waals surface area contributed by atoms with Gasteiger partial charge in [-0.1, -0.05) is 23.2 Å². The van der Waals surface area contributed by atoms with Crippen LogP contribution >= 0.6 is 34.5 Å². The van der Waals surface area contributed by atoms with Crippen molar-refractivity contribution in [1.29, 1.82) is 0 Å². The molecule has 0 amide bonds. The molecule has 0 atom stereocenters. The lowest BCUT2D eigenvalue weighted by atomic mass is 10.2. The van der Waals surface area contributed by atoms with Gasteiger partial charge in [0.1, 0.15) is 20.5 Å². The van der Waals surface area contributed by atoms with E-state index in [0.717, 1.165) is 17.4 Å². The SMILES string of the molecule is COC(=O)c1ccc(NS(=O)(=O)c2cc(Cl)sc2Cl)cc1O. The summed E-state index contributed by atoms with van der Waals surface area (Å²) in [6.07, 6.45) is 0. The van der Waals surface area contributed by atoms with Crippen LogP contribution in [0.25, 0.3) is 0 Å². The number of anilines is 1. The molecule has 2 aromatic rings. The number of phenolic OH excluding ortho intramolecular Hbond substituents is 1. The molecule has 1 heterocycles. The third kappa shape index (κ3) is 3.46. The van der Waals surface area contributed by atoms with Gasteiger partial charge in [-0.25, -0.2) is 13.2 Å². The molecule has 0 aliphatic rings. The third-order valence-corrected chi connectivity index (χ3v) is 5.70. The average Bonchev–Trinajstić information content (AvgIpc) is 2.77. The van der Waals surface area contributed by atoms with E-state index in [4.69, 9.17) is 23.2 Å². The van der Waals surface area contributed by atoms with Gasteiger partial charge < -0.3 is 9.84 Å². The van der Waals surface area contributed by atoms with Gasteiger partial charge in [0.25, 0.3) is 10.0 Å². The van der Waals surface area contributed by atoms with Crippen molar-refractivity contribution < 1.29 is 23.1 Å². The lowest BCUT2D eigenvalue weighted by Crippen LogP contribution is -2.12. The molecule has 22 heavy (non-hydrogen) atoms. The van der Waals surface area contributed by atoms with Gasteiger partial charge in [-0.2, -0.15) is 0 Å². The summed E-state index contributed by atoms with van der Waals surface area (Å²) < 4.78 is 31.4. The quantitative estimate of drug-likeness (QED) is 0.792. The van der Waals surface area contributed by atoms with Crippen molar-refractivity contribution in [1.82, 2.24) is 0 Å². The lowest BCUT2D eigenvalue weighted by molar-refractivity contribution is 0.0597. The number of phenols is 1. The van der Waals surface area contributed by atoms with Crippen LogP contribution in [0, 0.1) is 0 Å². The van der Waals surface area contributed by atoms with Crippen LogP contribution in [0.3, 0.4) is 0 Å². The van der Waals surface area contributed by atoms with E-state index in [1.54, 1.807) is 0 Å². The zero-order valence-electron chi connectivity index (χ0n) is 11.0. The highest BCUT2D eigenvalue weighted by Gasteiger charge is 2.22. The first-order chi connectivity index (χ1) is 10.2. The number of rotatable bonds is 4. The van der Waals surface area contributed by atoms with Crippen molar-refractivity contribution >= 4 is 56.2 Å². The summed E-state index contributed by atoms with van der Waals surface area (Å²) in [5, 5.41) is 9.74. The zero-order valence-corrected chi connectivity index (χ0v) is 14.1. The highest BCUT2D eigenvalue weighted by molar-refractivity contribution is 7.93. The Morgan fingerprint density at radius 3 is 2.50 bits per heavy atom. The fourth-order valence-electron chi connectivity index (χ4n) is 1.60. The van der Waals surface area contributed by atoms with Gasteiger partial charge in [0.05, 0.1) is 17.1 Å². The molecule has 1 aromatic heterocycles. The Kier molecular flexibility index (Phi) is 4.86. The number of ether oxygens (including phenoxy) is 1. The second-order valence-electron chi connectivity index (χ2n) is 4.02. The summed E-state index contributed by atoms with van der Waals surface area (Å²) >= 11 is 12.5. The first kappa shape index (κ1) is 16.9. The Balaban J connectivity index is 2.33. The van der Waals surface area contributed by atoms with E-state index >= 15 is 0 Å². The van der Waals surface area contributed by atoms with Crippen LogP contribution in [0.2, 0.25) is 8.67 Å². The number of sulfonamides is 1. The number of methoxy groups -OCH3 is 1. The molecule has 0 aliphatic heterocycles. The maximum absolute atomic E-state index is 12.2. The minimum atomic E-state index is -3.96. The minimum Gasteiger partial charge on any atom is -0.507 e. The Labute approximate surface area is 140 Å². The van der Waals surface area contributed by atoms with Crippen molar-refractivity contribution in [3.05, 3.63) is 38.5 Å². The van der Waals surface area contributed by atoms with Crippen molar-refractivity contribution in [3.63, 3.8) is 0 Å². The number of carbonyl (C=O) groups excluding carboxylic acids is 1. The second kappa shape index (κ2) is 6.33. The van der Waals surface area contributed by atoms with Crippen molar-refractivity contribution in [2.75, 3.05) is 11.8 Å². The Hall–Kier alpha value is -1.48. The topological polar surface area (TPSA) is 92.7 Å². The number of carbonyl (C=O) groups is 1. The fourth-order valence-corrected chi connectivity index (χ4v) is 4.80. The van der Waals surface area contributed by atoms with Crippen LogP contribution in [0.4, 0.5) is 5.69 Å². The summed E-state index contributed by atoms with van der Waals surface area (Å²) in [6, 6.07) is 4.86. The minimum absolute atomic E-state index is 0.0212. The first-order valence-corrected chi connectivity index (χ1v) is 8.69. The highest BCUT2D eigenvalue weighted by Crippen LogP contribution is 2.35. The summed E-state index contributed by atoms with van der Waals surface area (Å²) in [4.78, 5) is 11.2. The molecule has 0 unspecified atom stereocenters. The van der Waals surface area contributed by atoms with Gasteiger partial charge in [-0.05, 0) is 18.2 Å². The smallest absolute Gasteiger partial charge is 0.341 e. The molecule has 118 valence electrons. The summed E-state index contributed by atoms with van der Waals surface area (Å²) in [6.45, 7) is 0. The molecule has 0 saturated carbocycles. The number of benzene rings is 1. The predicted octanol–water partition coefficient (Wildman–Crippen LogP) is 3.35. The van der Waals surface area contributed by atoms with Crippen LogP contribution in [0.15, 0.2) is 29.2 Å². The number of halogens is 2. The van der Waals surface area contributed by atoms with E-state index in [1.807, 2.05) is 0 Å². The van der Waals surface area contributed by atoms with Gasteiger partial charge in [-0.15, -0.1) is 11.3 Å². The van der Waals surface area contributed by atoms with Crippen molar-refractivity contribution in [2.24, 2.45) is 0 Å². The Morgan fingerprint density at radius 2 is 2.00 bits per heavy atom. The summed E-state index contributed by atoms with van der Waals surface area (Å²) in [5.41, 5.74) is -0.0226. The number of esters is 1. The van der Waals surface area contributed by atoms with E-state index in [9.17, 15) is 18.3 Å². The molecule has 0 aliphatic carbocycles. The van der Waals surface area contributed by atoms with Crippen molar-refractivity contribution in [2.45, 2.75) is 4.90 Å². The van der Waals surface area contributed by atoms with Crippen LogP contribution in [-0.2, 0) is 14.8 Å². The molecule has 0 radical (unpaired) electrons. The third-order valence-electron chi connectivity index (χ3n) is 2.57. The number of nitrogens with one attached hydrogen (secondary N) is 1. The van der Waals surface area contributed by atoms with Crippen LogP contribution in [-0.4, -0.2) is 26.6 Å². The zero-order chi connectivity index (χ0) is 16.5. The highest BCUT2D eigenvalue weighted by atomic mass is 35.5. The molecule has 2 N–H and O–H groups in total. The Bertz CT molecular complexity index is 832. The molecule has 6 nitrogen and oxygen atoms in total. The molecular weight excluding hydrogens is 373 g/mol. The maximum atomic E-state index is 12.2. The standard InChI is InChI=1S/C12H9Cl2NO5S2/c1-20-12(17)7-3-2-6(4-8(7)16)15-22(18,19)9-5-10(13)21-11(9)14/h2-5,15-16H,1H3. The van der Waals surface area contributed by atoms with Gasteiger partial charge in [-0.3, -0.25) is 4.72 Å². The molecule has 0 spiro atoms. The normalized spacial score (nSPS) is 11.2. The molecule has 1 aromatic carbocycles. The summed E-state index contributed by atoms with van der Waals surface area (Å²) in [7, 11) is -2.79. The number of thiophene rings is 1. The number of aromatic hydroxyl groups is 1. The van der Waals surface area contributed by atoms with E-state index < -0.39 is 21.7 Å². The molecule has 0 bridgehead atoms. The lowest BCUT2D eigenvalue weighted by Gasteiger charge is -2.09. The van der Waals surface area contributed by atoms with Crippen LogP contribution in [0.1, 0.15) is 10.4 Å². The van der Waals surface area contributed by atoms with Gasteiger partial charge in [0.15, 0.2) is 0 Å².